The van der Waals surface area contributed by atoms with E-state index >= 15 is 0 Å². The van der Waals surface area contributed by atoms with Crippen molar-refractivity contribution in [2.75, 3.05) is 0 Å². The smallest absolute Gasteiger partial charge is 0.326 e. The Bertz CT molecular complexity index is 869. The number of carbonyl (C=O) groups excluding carboxylic acids is 2. The van der Waals surface area contributed by atoms with Crippen molar-refractivity contribution in [1.82, 2.24) is 10.6 Å². The first kappa shape index (κ1) is 21.1. The molecule has 2 atom stereocenters. The molecule has 2 amide bonds. The average Bonchev–Trinajstić information content (AvgIpc) is 2.60. The summed E-state index contributed by atoms with van der Waals surface area (Å²) < 4.78 is 13.4. The van der Waals surface area contributed by atoms with Gasteiger partial charge >= 0.3 is 5.97 Å². The molecule has 148 valence electrons. The SMILES string of the molecule is CC(=O)N[C@@H](Cc1cccc(F)c1)C(=O)N[C@H](Cc1cccc(C)c1)C(=O)O. The molecular formula is C21H23FN2O4. The number of carbonyl (C=O) groups is 3. The van der Waals surface area contributed by atoms with Gasteiger partial charge in [-0.25, -0.2) is 9.18 Å². The van der Waals surface area contributed by atoms with Gasteiger partial charge in [0.25, 0.3) is 0 Å². The number of hydrogen-bond donors (Lipinski definition) is 3. The highest BCUT2D eigenvalue weighted by Gasteiger charge is 2.26. The van der Waals surface area contributed by atoms with E-state index in [1.165, 1.54) is 25.1 Å². The Kier molecular flexibility index (Phi) is 7.26. The maximum absolute atomic E-state index is 13.4. The summed E-state index contributed by atoms with van der Waals surface area (Å²) in [6.45, 7) is 3.15. The van der Waals surface area contributed by atoms with E-state index in [0.717, 1.165) is 11.1 Å². The van der Waals surface area contributed by atoms with Crippen molar-refractivity contribution in [3.63, 3.8) is 0 Å². The highest BCUT2D eigenvalue weighted by atomic mass is 19.1. The van der Waals surface area contributed by atoms with Gasteiger partial charge in [-0.3, -0.25) is 9.59 Å². The Labute approximate surface area is 162 Å². The molecule has 0 saturated carbocycles. The molecule has 0 fully saturated rings. The van der Waals surface area contributed by atoms with Crippen LogP contribution in [0.4, 0.5) is 4.39 Å². The summed E-state index contributed by atoms with van der Waals surface area (Å²) in [5.41, 5.74) is 2.27. The van der Waals surface area contributed by atoms with Crippen LogP contribution in [0.1, 0.15) is 23.6 Å². The number of aryl methyl sites for hydroxylation is 1. The average molecular weight is 386 g/mol. The molecule has 2 aromatic carbocycles. The topological polar surface area (TPSA) is 95.5 Å². The molecule has 2 aromatic rings. The summed E-state index contributed by atoms with van der Waals surface area (Å²) in [5.74, 6) is -2.72. The van der Waals surface area contributed by atoms with E-state index in [-0.39, 0.29) is 12.8 Å². The molecule has 0 aromatic heterocycles. The Morgan fingerprint density at radius 3 is 2.14 bits per heavy atom. The molecule has 0 unspecified atom stereocenters. The lowest BCUT2D eigenvalue weighted by Gasteiger charge is -2.21. The zero-order valence-electron chi connectivity index (χ0n) is 15.7. The van der Waals surface area contributed by atoms with Gasteiger partial charge in [-0.15, -0.1) is 0 Å². The van der Waals surface area contributed by atoms with Crippen LogP contribution in [-0.4, -0.2) is 35.0 Å². The second-order valence-corrected chi connectivity index (χ2v) is 6.68. The zero-order valence-corrected chi connectivity index (χ0v) is 15.7. The first-order valence-electron chi connectivity index (χ1n) is 8.85. The third kappa shape index (κ3) is 6.50. The highest BCUT2D eigenvalue weighted by molar-refractivity contribution is 5.90. The number of aliphatic carboxylic acids is 1. The fraction of sp³-hybridized carbons (Fsp3) is 0.286. The van der Waals surface area contributed by atoms with E-state index in [2.05, 4.69) is 10.6 Å². The summed E-state index contributed by atoms with van der Waals surface area (Å²) in [5, 5.41) is 14.5. The fourth-order valence-electron chi connectivity index (χ4n) is 2.90. The molecule has 3 N–H and O–H groups in total. The molecule has 0 radical (unpaired) electrons. The van der Waals surface area contributed by atoms with Crippen LogP contribution < -0.4 is 10.6 Å². The summed E-state index contributed by atoms with van der Waals surface area (Å²) in [7, 11) is 0. The number of benzene rings is 2. The van der Waals surface area contributed by atoms with Crippen molar-refractivity contribution in [2.24, 2.45) is 0 Å². The molecule has 0 saturated heterocycles. The lowest BCUT2D eigenvalue weighted by Crippen LogP contribution is -2.52. The first-order chi connectivity index (χ1) is 13.2. The first-order valence-corrected chi connectivity index (χ1v) is 8.85. The molecule has 0 bridgehead atoms. The van der Waals surface area contributed by atoms with Gasteiger partial charge in [-0.1, -0.05) is 42.0 Å². The number of hydrogen-bond acceptors (Lipinski definition) is 3. The Hall–Kier alpha value is -3.22. The fourth-order valence-corrected chi connectivity index (χ4v) is 2.90. The van der Waals surface area contributed by atoms with Crippen LogP contribution in [0.3, 0.4) is 0 Å². The number of carboxylic acids is 1. The minimum atomic E-state index is -1.18. The molecule has 0 aliphatic carbocycles. The number of amides is 2. The monoisotopic (exact) mass is 386 g/mol. The zero-order chi connectivity index (χ0) is 20.7. The van der Waals surface area contributed by atoms with Crippen molar-refractivity contribution >= 4 is 17.8 Å². The van der Waals surface area contributed by atoms with Gasteiger partial charge in [0.2, 0.25) is 11.8 Å². The van der Waals surface area contributed by atoms with Gasteiger partial charge in [0.1, 0.15) is 17.9 Å². The lowest BCUT2D eigenvalue weighted by atomic mass is 10.0. The Balaban J connectivity index is 2.14. The van der Waals surface area contributed by atoms with E-state index in [1.54, 1.807) is 12.1 Å². The molecule has 7 heteroatoms. The Morgan fingerprint density at radius 2 is 1.57 bits per heavy atom. The van der Waals surface area contributed by atoms with Gasteiger partial charge in [0.15, 0.2) is 0 Å². The van der Waals surface area contributed by atoms with Crippen LogP contribution >= 0.6 is 0 Å². The number of halogens is 1. The van der Waals surface area contributed by atoms with Gasteiger partial charge in [-0.05, 0) is 30.2 Å². The van der Waals surface area contributed by atoms with E-state index in [9.17, 15) is 23.9 Å². The predicted molar refractivity (Wildman–Crippen MR) is 102 cm³/mol. The van der Waals surface area contributed by atoms with Crippen molar-refractivity contribution in [2.45, 2.75) is 38.8 Å². The Morgan fingerprint density at radius 1 is 0.964 bits per heavy atom. The van der Waals surface area contributed by atoms with Crippen LogP contribution in [-0.2, 0) is 27.2 Å². The molecule has 28 heavy (non-hydrogen) atoms. The molecule has 0 aliphatic heterocycles. The van der Waals surface area contributed by atoms with Gasteiger partial charge in [-0.2, -0.15) is 0 Å². The maximum Gasteiger partial charge on any atom is 0.326 e. The van der Waals surface area contributed by atoms with Gasteiger partial charge < -0.3 is 15.7 Å². The van der Waals surface area contributed by atoms with Crippen LogP contribution in [0.25, 0.3) is 0 Å². The van der Waals surface area contributed by atoms with Crippen LogP contribution in [0.5, 0.6) is 0 Å². The van der Waals surface area contributed by atoms with Gasteiger partial charge in [0, 0.05) is 19.8 Å². The minimum absolute atomic E-state index is 0.0416. The third-order valence-electron chi connectivity index (χ3n) is 4.16. The maximum atomic E-state index is 13.4. The van der Waals surface area contributed by atoms with Gasteiger partial charge in [0.05, 0.1) is 0 Å². The lowest BCUT2D eigenvalue weighted by molar-refractivity contribution is -0.142. The van der Waals surface area contributed by atoms with Crippen molar-refractivity contribution in [1.29, 1.82) is 0 Å². The highest BCUT2D eigenvalue weighted by Crippen LogP contribution is 2.10. The second kappa shape index (κ2) is 9.64. The normalized spacial score (nSPS) is 12.7. The largest absolute Gasteiger partial charge is 0.480 e. The van der Waals surface area contributed by atoms with Crippen LogP contribution in [0, 0.1) is 12.7 Å². The summed E-state index contributed by atoms with van der Waals surface area (Å²) in [6, 6.07) is 10.9. The van der Waals surface area contributed by atoms with Crippen molar-refractivity contribution < 1.29 is 23.9 Å². The van der Waals surface area contributed by atoms with E-state index in [4.69, 9.17) is 0 Å². The molecule has 0 spiro atoms. The minimum Gasteiger partial charge on any atom is -0.480 e. The molecular weight excluding hydrogens is 363 g/mol. The van der Waals surface area contributed by atoms with Crippen LogP contribution in [0.2, 0.25) is 0 Å². The standard InChI is InChI=1S/C21H23FN2O4/c1-13-5-3-6-15(9-13)12-19(21(27)28)24-20(26)18(23-14(2)25)11-16-7-4-8-17(22)10-16/h3-10,18-19H,11-12H2,1-2H3,(H,23,25)(H,24,26)(H,27,28)/t18-,19+/m0/s1. The molecule has 0 heterocycles. The van der Waals surface area contributed by atoms with Crippen LogP contribution in [0.15, 0.2) is 48.5 Å². The predicted octanol–water partition coefficient (Wildman–Crippen LogP) is 1.99. The van der Waals surface area contributed by atoms with E-state index in [0.29, 0.717) is 5.56 Å². The number of nitrogens with one attached hydrogen (secondary N) is 2. The number of carboxylic acid groups (broad SMARTS) is 1. The summed E-state index contributed by atoms with van der Waals surface area (Å²) in [6.07, 6.45) is 0.148. The molecule has 2 rings (SSSR count). The van der Waals surface area contributed by atoms with Crippen molar-refractivity contribution in [3.05, 3.63) is 71.0 Å². The van der Waals surface area contributed by atoms with Crippen molar-refractivity contribution in [3.8, 4) is 0 Å². The third-order valence-corrected chi connectivity index (χ3v) is 4.16. The second-order valence-electron chi connectivity index (χ2n) is 6.68. The summed E-state index contributed by atoms with van der Waals surface area (Å²) >= 11 is 0. The van der Waals surface area contributed by atoms with E-state index < -0.39 is 35.7 Å². The number of rotatable bonds is 8. The summed E-state index contributed by atoms with van der Waals surface area (Å²) in [4.78, 5) is 35.8. The molecule has 0 aliphatic rings. The quantitative estimate of drug-likeness (QED) is 0.647. The van der Waals surface area contributed by atoms with E-state index in [1.807, 2.05) is 25.1 Å². The molecule has 6 nitrogen and oxygen atoms in total.